The monoisotopic (exact) mass is 194 g/mol. The summed E-state index contributed by atoms with van der Waals surface area (Å²) in [4.78, 5) is 10.8. The number of primary amides is 1. The summed E-state index contributed by atoms with van der Waals surface area (Å²) in [6.45, 7) is 0.654. The first-order valence-electron chi connectivity index (χ1n) is 4.48. The zero-order chi connectivity index (χ0) is 10.1. The molecule has 2 rings (SSSR count). The Bertz CT molecular complexity index is 378. The molecular weight excluding hydrogens is 183 g/mol. The Morgan fingerprint density at radius 1 is 1.64 bits per heavy atom. The molecule has 0 aliphatic carbocycles. The second kappa shape index (κ2) is 3.29. The van der Waals surface area contributed by atoms with Crippen molar-refractivity contribution in [1.29, 1.82) is 0 Å². The quantitative estimate of drug-likeness (QED) is 0.743. The minimum Gasteiger partial charge on any atom is -0.384 e. The molecule has 4 heteroatoms. The molecule has 0 saturated carbocycles. The highest BCUT2D eigenvalue weighted by atomic mass is 19.1. The van der Waals surface area contributed by atoms with Gasteiger partial charge in [-0.2, -0.15) is 0 Å². The summed E-state index contributed by atoms with van der Waals surface area (Å²) >= 11 is 0. The van der Waals surface area contributed by atoms with Crippen LogP contribution in [0.2, 0.25) is 0 Å². The van der Waals surface area contributed by atoms with Gasteiger partial charge in [0, 0.05) is 24.6 Å². The maximum Gasteiger partial charge on any atom is 0.218 e. The number of halogens is 1. The van der Waals surface area contributed by atoms with Gasteiger partial charge in [-0.25, -0.2) is 4.39 Å². The molecule has 1 atom stereocenters. The molecular formula is C10H11FN2O. The number of carbonyl (C=O) groups excluding carboxylic acids is 1. The van der Waals surface area contributed by atoms with E-state index < -0.39 is 0 Å². The number of carbonyl (C=O) groups is 1. The van der Waals surface area contributed by atoms with E-state index in [0.717, 1.165) is 11.3 Å². The van der Waals surface area contributed by atoms with Crippen LogP contribution in [0.1, 0.15) is 17.9 Å². The van der Waals surface area contributed by atoms with E-state index in [1.54, 1.807) is 6.07 Å². The highest BCUT2D eigenvalue weighted by Gasteiger charge is 2.23. The number of nitrogens with one attached hydrogen (secondary N) is 1. The average Bonchev–Trinajstić information content (AvgIpc) is 2.47. The molecule has 0 saturated heterocycles. The van der Waals surface area contributed by atoms with Gasteiger partial charge >= 0.3 is 0 Å². The predicted octanol–water partition coefficient (Wildman–Crippen LogP) is 1.21. The molecule has 1 amide bonds. The molecule has 1 heterocycles. The summed E-state index contributed by atoms with van der Waals surface area (Å²) in [5.41, 5.74) is 6.86. The fourth-order valence-electron chi connectivity index (χ4n) is 1.80. The van der Waals surface area contributed by atoms with Crippen LogP contribution in [0.3, 0.4) is 0 Å². The summed E-state index contributed by atoms with van der Waals surface area (Å²) in [6, 6.07) is 4.55. The molecule has 0 aromatic heterocycles. The largest absolute Gasteiger partial charge is 0.384 e. The van der Waals surface area contributed by atoms with Gasteiger partial charge in [0.25, 0.3) is 0 Å². The lowest BCUT2D eigenvalue weighted by Crippen LogP contribution is -2.16. The Morgan fingerprint density at radius 2 is 2.43 bits per heavy atom. The van der Waals surface area contributed by atoms with Gasteiger partial charge in [0.05, 0.1) is 0 Å². The van der Waals surface area contributed by atoms with Crippen molar-refractivity contribution < 1.29 is 9.18 Å². The minimum atomic E-state index is -0.353. The molecule has 1 aliphatic rings. The number of anilines is 1. The Hall–Kier alpha value is -1.58. The maximum atomic E-state index is 12.9. The second-order valence-corrected chi connectivity index (χ2v) is 3.48. The molecule has 1 aliphatic heterocycles. The summed E-state index contributed by atoms with van der Waals surface area (Å²) in [5.74, 6) is -0.617. The number of hydrogen-bond acceptors (Lipinski definition) is 2. The molecule has 1 aromatic carbocycles. The first kappa shape index (κ1) is 8.99. The fourth-order valence-corrected chi connectivity index (χ4v) is 1.80. The van der Waals surface area contributed by atoms with Crippen LogP contribution >= 0.6 is 0 Å². The van der Waals surface area contributed by atoms with Crippen LogP contribution in [0.4, 0.5) is 10.1 Å². The van der Waals surface area contributed by atoms with Crippen LogP contribution < -0.4 is 11.1 Å². The van der Waals surface area contributed by atoms with E-state index in [-0.39, 0.29) is 24.1 Å². The molecule has 74 valence electrons. The van der Waals surface area contributed by atoms with Crippen molar-refractivity contribution in [2.45, 2.75) is 12.3 Å². The standard InChI is InChI=1S/C10H11FN2O/c11-7-1-2-9-8(4-7)6(5-13-9)3-10(12)14/h1-2,4,6,13H,3,5H2,(H2,12,14). The average molecular weight is 194 g/mol. The zero-order valence-corrected chi connectivity index (χ0v) is 7.59. The SMILES string of the molecule is NC(=O)CC1CNc2ccc(F)cc21. The van der Waals surface area contributed by atoms with Crippen LogP contribution in [0.5, 0.6) is 0 Å². The topological polar surface area (TPSA) is 55.1 Å². The number of hydrogen-bond donors (Lipinski definition) is 2. The van der Waals surface area contributed by atoms with Gasteiger partial charge in [-0.15, -0.1) is 0 Å². The number of amides is 1. The highest BCUT2D eigenvalue weighted by Crippen LogP contribution is 2.33. The molecule has 3 nitrogen and oxygen atoms in total. The van der Waals surface area contributed by atoms with Crippen molar-refractivity contribution in [2.24, 2.45) is 5.73 Å². The molecule has 3 N–H and O–H groups in total. The lowest BCUT2D eigenvalue weighted by atomic mass is 9.98. The van der Waals surface area contributed by atoms with E-state index >= 15 is 0 Å². The van der Waals surface area contributed by atoms with Gasteiger partial charge in [0.1, 0.15) is 5.82 Å². The highest BCUT2D eigenvalue weighted by molar-refractivity contribution is 5.76. The van der Waals surface area contributed by atoms with Gasteiger partial charge in [-0.1, -0.05) is 0 Å². The van der Waals surface area contributed by atoms with Crippen LogP contribution in [-0.4, -0.2) is 12.5 Å². The van der Waals surface area contributed by atoms with Gasteiger partial charge in [0.2, 0.25) is 5.91 Å². The molecule has 14 heavy (non-hydrogen) atoms. The van der Waals surface area contributed by atoms with Crippen molar-refractivity contribution in [3.8, 4) is 0 Å². The van der Waals surface area contributed by atoms with E-state index in [2.05, 4.69) is 5.32 Å². The first-order chi connectivity index (χ1) is 6.66. The van der Waals surface area contributed by atoms with Crippen LogP contribution in [-0.2, 0) is 4.79 Å². The Labute approximate surface area is 81.1 Å². The fraction of sp³-hybridized carbons (Fsp3) is 0.300. The maximum absolute atomic E-state index is 12.9. The van der Waals surface area contributed by atoms with Gasteiger partial charge in [-0.05, 0) is 23.8 Å². The van der Waals surface area contributed by atoms with Crippen molar-refractivity contribution in [3.63, 3.8) is 0 Å². The van der Waals surface area contributed by atoms with Crippen molar-refractivity contribution in [2.75, 3.05) is 11.9 Å². The molecule has 0 spiro atoms. The number of benzene rings is 1. The number of nitrogens with two attached hydrogens (primary N) is 1. The van der Waals surface area contributed by atoms with Crippen molar-refractivity contribution in [3.05, 3.63) is 29.6 Å². The first-order valence-corrected chi connectivity index (χ1v) is 4.48. The Balaban J connectivity index is 2.28. The minimum absolute atomic E-state index is 0.0122. The lowest BCUT2D eigenvalue weighted by molar-refractivity contribution is -0.118. The van der Waals surface area contributed by atoms with Crippen molar-refractivity contribution >= 4 is 11.6 Å². The zero-order valence-electron chi connectivity index (χ0n) is 7.59. The van der Waals surface area contributed by atoms with E-state index in [1.807, 2.05) is 0 Å². The molecule has 1 aromatic rings. The van der Waals surface area contributed by atoms with Crippen LogP contribution in [0.25, 0.3) is 0 Å². The summed E-state index contributed by atoms with van der Waals surface area (Å²) in [6.07, 6.45) is 0.267. The van der Waals surface area contributed by atoms with Gasteiger partial charge < -0.3 is 11.1 Å². The molecule has 0 radical (unpaired) electrons. The summed E-state index contributed by atoms with van der Waals surface area (Å²) < 4.78 is 12.9. The van der Waals surface area contributed by atoms with Crippen molar-refractivity contribution in [1.82, 2.24) is 0 Å². The van der Waals surface area contributed by atoms with E-state index in [9.17, 15) is 9.18 Å². The predicted molar refractivity (Wildman–Crippen MR) is 51.4 cm³/mol. The van der Waals surface area contributed by atoms with Gasteiger partial charge in [-0.3, -0.25) is 4.79 Å². The molecule has 0 bridgehead atoms. The Kier molecular flexibility index (Phi) is 2.11. The smallest absolute Gasteiger partial charge is 0.218 e. The third-order valence-corrected chi connectivity index (χ3v) is 2.44. The second-order valence-electron chi connectivity index (χ2n) is 3.48. The summed E-state index contributed by atoms with van der Waals surface area (Å²) in [7, 11) is 0. The van der Waals surface area contributed by atoms with E-state index in [4.69, 9.17) is 5.73 Å². The number of fused-ring (bicyclic) bond motifs is 1. The third kappa shape index (κ3) is 1.55. The summed E-state index contributed by atoms with van der Waals surface area (Å²) in [5, 5.41) is 3.11. The van der Waals surface area contributed by atoms with Gasteiger partial charge in [0.15, 0.2) is 0 Å². The molecule has 0 fully saturated rings. The van der Waals surface area contributed by atoms with Crippen LogP contribution in [0, 0.1) is 5.82 Å². The molecule has 1 unspecified atom stereocenters. The van der Waals surface area contributed by atoms with E-state index in [0.29, 0.717) is 6.54 Å². The Morgan fingerprint density at radius 3 is 3.14 bits per heavy atom. The van der Waals surface area contributed by atoms with Crippen LogP contribution in [0.15, 0.2) is 18.2 Å². The third-order valence-electron chi connectivity index (χ3n) is 2.44. The van der Waals surface area contributed by atoms with E-state index in [1.165, 1.54) is 12.1 Å². The number of rotatable bonds is 2. The lowest BCUT2D eigenvalue weighted by Gasteiger charge is -2.06. The normalized spacial score (nSPS) is 18.8.